The Kier molecular flexibility index (Phi) is 4.52. The second-order valence-electron chi connectivity index (χ2n) is 6.64. The Morgan fingerprint density at radius 1 is 1.16 bits per heavy atom. The van der Waals surface area contributed by atoms with E-state index in [0.29, 0.717) is 5.92 Å². The fourth-order valence-corrected chi connectivity index (χ4v) is 3.54. The van der Waals surface area contributed by atoms with E-state index in [-0.39, 0.29) is 0 Å². The number of aromatic amines is 1. The molecule has 0 unspecified atom stereocenters. The minimum atomic E-state index is 0.375. The number of likely N-dealkylation sites (tertiary alicyclic amines) is 1. The van der Waals surface area contributed by atoms with Gasteiger partial charge in [0.2, 0.25) is 0 Å². The number of piperidine rings is 1. The monoisotopic (exact) mass is 334 g/mol. The van der Waals surface area contributed by atoms with Crippen molar-refractivity contribution in [3.05, 3.63) is 60.1 Å². The molecule has 1 fully saturated rings. The summed E-state index contributed by atoms with van der Waals surface area (Å²) in [4.78, 5) is 23.7. The van der Waals surface area contributed by atoms with Crippen LogP contribution in [0.3, 0.4) is 0 Å². The van der Waals surface area contributed by atoms with Crippen molar-refractivity contribution in [2.75, 3.05) is 13.1 Å². The number of hydrogen-bond donors (Lipinski definition) is 1. The second-order valence-corrected chi connectivity index (χ2v) is 6.64. The predicted octanol–water partition coefficient (Wildman–Crippen LogP) is 2.95. The van der Waals surface area contributed by atoms with Crippen LogP contribution in [0.1, 0.15) is 35.7 Å². The number of pyridine rings is 1. The number of hydrogen-bond acceptors (Lipinski definition) is 5. The van der Waals surface area contributed by atoms with Crippen molar-refractivity contribution < 1.29 is 0 Å². The summed E-state index contributed by atoms with van der Waals surface area (Å²) >= 11 is 0. The van der Waals surface area contributed by atoms with Crippen LogP contribution in [0, 0.1) is 6.92 Å². The van der Waals surface area contributed by atoms with Gasteiger partial charge in [-0.3, -0.25) is 14.9 Å². The van der Waals surface area contributed by atoms with E-state index in [4.69, 9.17) is 0 Å². The lowest BCUT2D eigenvalue weighted by Crippen LogP contribution is -2.34. The lowest BCUT2D eigenvalue weighted by Gasteiger charge is -2.32. The number of aromatic nitrogens is 5. The van der Waals surface area contributed by atoms with Crippen molar-refractivity contribution in [1.82, 2.24) is 29.8 Å². The molecule has 0 aromatic carbocycles. The smallest absolute Gasteiger partial charge is 0.158 e. The summed E-state index contributed by atoms with van der Waals surface area (Å²) in [7, 11) is 0. The Labute approximate surface area is 147 Å². The normalized spacial score (nSPS) is 18.4. The first-order chi connectivity index (χ1) is 12.3. The van der Waals surface area contributed by atoms with Gasteiger partial charge < -0.3 is 4.98 Å². The van der Waals surface area contributed by atoms with Crippen molar-refractivity contribution in [2.45, 2.75) is 32.2 Å². The molecule has 1 atom stereocenters. The lowest BCUT2D eigenvalue weighted by molar-refractivity contribution is 0.198. The molecule has 1 aliphatic rings. The third kappa shape index (κ3) is 3.58. The molecule has 128 valence electrons. The zero-order valence-electron chi connectivity index (χ0n) is 14.4. The van der Waals surface area contributed by atoms with Gasteiger partial charge in [0, 0.05) is 55.7 Å². The minimum absolute atomic E-state index is 0.375. The number of H-pyrrole nitrogens is 1. The van der Waals surface area contributed by atoms with E-state index < -0.39 is 0 Å². The van der Waals surface area contributed by atoms with Gasteiger partial charge in [0.25, 0.3) is 0 Å². The highest BCUT2D eigenvalue weighted by Gasteiger charge is 2.26. The highest BCUT2D eigenvalue weighted by atomic mass is 15.1. The molecule has 3 aromatic heterocycles. The summed E-state index contributed by atoms with van der Waals surface area (Å²) in [6.07, 6.45) is 11.4. The van der Waals surface area contributed by atoms with Gasteiger partial charge in [-0.2, -0.15) is 0 Å². The van der Waals surface area contributed by atoms with Crippen LogP contribution in [-0.2, 0) is 6.54 Å². The van der Waals surface area contributed by atoms with Crippen LogP contribution < -0.4 is 0 Å². The van der Waals surface area contributed by atoms with Gasteiger partial charge in [-0.05, 0) is 37.9 Å². The maximum absolute atomic E-state index is 4.67. The van der Waals surface area contributed by atoms with Crippen molar-refractivity contribution in [3.8, 4) is 11.5 Å². The SMILES string of the molecule is Cc1cnc(-c2nccnc2[C@H]2CCCN(Cc3cccnc3)C2)[nH]1. The summed E-state index contributed by atoms with van der Waals surface area (Å²) in [6, 6.07) is 4.13. The topological polar surface area (TPSA) is 70.6 Å². The van der Waals surface area contributed by atoms with Crippen LogP contribution in [-0.4, -0.2) is 42.9 Å². The zero-order valence-corrected chi connectivity index (χ0v) is 14.4. The van der Waals surface area contributed by atoms with E-state index in [1.165, 1.54) is 5.56 Å². The second kappa shape index (κ2) is 7.11. The van der Waals surface area contributed by atoms with Crippen LogP contribution in [0.25, 0.3) is 11.5 Å². The average Bonchev–Trinajstić information content (AvgIpc) is 3.09. The molecule has 1 aliphatic heterocycles. The van der Waals surface area contributed by atoms with Crippen LogP contribution in [0.2, 0.25) is 0 Å². The predicted molar refractivity (Wildman–Crippen MR) is 95.8 cm³/mol. The standard InChI is InChI=1S/C19H22N6/c1-14-10-23-19(24-14)18-17(21-7-8-22-18)16-5-3-9-25(13-16)12-15-4-2-6-20-11-15/h2,4,6-8,10-11,16H,3,5,9,12-13H2,1H3,(H,23,24)/t16-/m0/s1. The highest BCUT2D eigenvalue weighted by molar-refractivity contribution is 5.53. The summed E-state index contributed by atoms with van der Waals surface area (Å²) in [5, 5.41) is 0. The molecule has 0 bridgehead atoms. The van der Waals surface area contributed by atoms with Gasteiger partial charge in [-0.1, -0.05) is 6.07 Å². The molecule has 0 spiro atoms. The summed E-state index contributed by atoms with van der Waals surface area (Å²) < 4.78 is 0. The fraction of sp³-hybridized carbons (Fsp3) is 0.368. The molecule has 3 aromatic rings. The highest BCUT2D eigenvalue weighted by Crippen LogP contribution is 2.31. The molecule has 0 radical (unpaired) electrons. The molecule has 6 heteroatoms. The van der Waals surface area contributed by atoms with Gasteiger partial charge in [0.1, 0.15) is 5.69 Å². The van der Waals surface area contributed by atoms with Crippen LogP contribution >= 0.6 is 0 Å². The van der Waals surface area contributed by atoms with E-state index in [0.717, 1.165) is 55.4 Å². The molecule has 0 amide bonds. The van der Waals surface area contributed by atoms with Crippen LogP contribution in [0.5, 0.6) is 0 Å². The quantitative estimate of drug-likeness (QED) is 0.794. The van der Waals surface area contributed by atoms with Gasteiger partial charge in [-0.25, -0.2) is 9.97 Å². The van der Waals surface area contributed by atoms with Crippen molar-refractivity contribution >= 4 is 0 Å². The summed E-state index contributed by atoms with van der Waals surface area (Å²) in [5.74, 6) is 1.18. The Balaban J connectivity index is 1.56. The van der Waals surface area contributed by atoms with Crippen molar-refractivity contribution in [1.29, 1.82) is 0 Å². The van der Waals surface area contributed by atoms with Gasteiger partial charge >= 0.3 is 0 Å². The van der Waals surface area contributed by atoms with Crippen molar-refractivity contribution in [3.63, 3.8) is 0 Å². The molecule has 4 rings (SSSR count). The van der Waals surface area contributed by atoms with Crippen LogP contribution in [0.15, 0.2) is 43.1 Å². The third-order valence-corrected chi connectivity index (χ3v) is 4.67. The van der Waals surface area contributed by atoms with Gasteiger partial charge in [0.15, 0.2) is 5.82 Å². The van der Waals surface area contributed by atoms with Gasteiger partial charge in [-0.15, -0.1) is 0 Å². The Bertz CT molecular complexity index is 829. The molecule has 0 saturated carbocycles. The largest absolute Gasteiger partial charge is 0.341 e. The molecule has 4 heterocycles. The zero-order chi connectivity index (χ0) is 17.1. The third-order valence-electron chi connectivity index (χ3n) is 4.67. The number of nitrogens with zero attached hydrogens (tertiary/aromatic N) is 5. The molecule has 6 nitrogen and oxygen atoms in total. The minimum Gasteiger partial charge on any atom is -0.341 e. The van der Waals surface area contributed by atoms with E-state index in [1.807, 2.05) is 31.6 Å². The molecule has 0 aliphatic carbocycles. The van der Waals surface area contributed by atoms with E-state index in [9.17, 15) is 0 Å². The first-order valence-electron chi connectivity index (χ1n) is 8.74. The Morgan fingerprint density at radius 2 is 2.08 bits per heavy atom. The van der Waals surface area contributed by atoms with E-state index in [1.54, 1.807) is 12.4 Å². The molecule has 1 N–H and O–H groups in total. The summed E-state index contributed by atoms with van der Waals surface area (Å²) in [6.45, 7) is 5.03. The molecule has 25 heavy (non-hydrogen) atoms. The first kappa shape index (κ1) is 15.9. The summed E-state index contributed by atoms with van der Waals surface area (Å²) in [5.41, 5.74) is 4.22. The Morgan fingerprint density at radius 3 is 2.88 bits per heavy atom. The number of rotatable bonds is 4. The van der Waals surface area contributed by atoms with Crippen LogP contribution in [0.4, 0.5) is 0 Å². The number of aryl methyl sites for hydroxylation is 1. The Hall–Kier alpha value is -2.60. The lowest BCUT2D eigenvalue weighted by atomic mass is 9.92. The first-order valence-corrected chi connectivity index (χ1v) is 8.74. The van der Waals surface area contributed by atoms with E-state index >= 15 is 0 Å². The number of nitrogens with one attached hydrogen (secondary N) is 1. The van der Waals surface area contributed by atoms with Crippen molar-refractivity contribution in [2.24, 2.45) is 0 Å². The fourth-order valence-electron chi connectivity index (χ4n) is 3.54. The number of imidazole rings is 1. The molecular formula is C19H22N6. The maximum Gasteiger partial charge on any atom is 0.158 e. The maximum atomic E-state index is 4.67. The molecular weight excluding hydrogens is 312 g/mol. The average molecular weight is 334 g/mol. The van der Waals surface area contributed by atoms with E-state index in [2.05, 4.69) is 35.9 Å². The molecule has 1 saturated heterocycles. The van der Waals surface area contributed by atoms with Gasteiger partial charge in [0.05, 0.1) is 5.69 Å².